The number of carbonyl (C=O) groups is 2. The van der Waals surface area contributed by atoms with Crippen molar-refractivity contribution >= 4 is 33.9 Å². The third kappa shape index (κ3) is 3.48. The van der Waals surface area contributed by atoms with E-state index in [1.54, 1.807) is 35.7 Å². The van der Waals surface area contributed by atoms with Crippen LogP contribution < -0.4 is 5.32 Å². The van der Waals surface area contributed by atoms with Gasteiger partial charge in [-0.15, -0.1) is 11.3 Å². The molecule has 0 radical (unpaired) electrons. The Balaban J connectivity index is 2.02. The highest BCUT2D eigenvalue weighted by molar-refractivity contribution is 7.13. The van der Waals surface area contributed by atoms with E-state index in [9.17, 15) is 9.59 Å². The molecule has 1 heterocycles. The van der Waals surface area contributed by atoms with Gasteiger partial charge in [0.2, 0.25) is 0 Å². The van der Waals surface area contributed by atoms with Crippen molar-refractivity contribution in [2.45, 2.75) is 6.42 Å². The largest absolute Gasteiger partial charge is 0.410 e. The molecule has 2 aromatic rings. The molecule has 0 spiro atoms. The SMILES string of the molecule is O=C(Nc1nccs1)C(CC(=O)c1ccccc1)=NO. The number of Topliss-reactive ketones (excluding diaryl/α,β-unsaturated/α-hetero) is 1. The van der Waals surface area contributed by atoms with Crippen molar-refractivity contribution in [1.29, 1.82) is 0 Å². The standard InChI is InChI=1S/C13H11N3O3S/c17-11(9-4-2-1-3-5-9)8-10(16-19)12(18)15-13-14-6-7-20-13/h1-7,19H,8H2,(H,14,15,18). The third-order valence-electron chi connectivity index (χ3n) is 2.46. The monoisotopic (exact) mass is 289 g/mol. The summed E-state index contributed by atoms with van der Waals surface area (Å²) in [5.74, 6) is -0.945. The number of nitrogens with one attached hydrogen (secondary N) is 1. The molecule has 1 amide bonds. The summed E-state index contributed by atoms with van der Waals surface area (Å²) in [5.41, 5.74) is 0.199. The topological polar surface area (TPSA) is 91.7 Å². The van der Waals surface area contributed by atoms with E-state index in [1.807, 2.05) is 0 Å². The number of carbonyl (C=O) groups excluding carboxylic acids is 2. The van der Waals surface area contributed by atoms with Gasteiger partial charge in [0.05, 0.1) is 6.42 Å². The maximum atomic E-state index is 11.9. The van der Waals surface area contributed by atoms with Crippen LogP contribution in [-0.4, -0.2) is 27.6 Å². The Bertz CT molecular complexity index is 624. The lowest BCUT2D eigenvalue weighted by molar-refractivity contribution is -0.110. The first-order valence-corrected chi connectivity index (χ1v) is 6.58. The third-order valence-corrected chi connectivity index (χ3v) is 3.15. The van der Waals surface area contributed by atoms with Crippen molar-refractivity contribution in [2.24, 2.45) is 5.16 Å². The minimum atomic E-state index is -0.647. The highest BCUT2D eigenvalue weighted by atomic mass is 32.1. The molecule has 20 heavy (non-hydrogen) atoms. The summed E-state index contributed by atoms with van der Waals surface area (Å²) in [6.07, 6.45) is 1.25. The van der Waals surface area contributed by atoms with Crippen molar-refractivity contribution in [3.63, 3.8) is 0 Å². The van der Waals surface area contributed by atoms with E-state index in [0.717, 1.165) is 0 Å². The Kier molecular flexibility index (Phi) is 4.56. The summed E-state index contributed by atoms with van der Waals surface area (Å²) in [6.45, 7) is 0. The Hall–Kier alpha value is -2.54. The number of ketones is 1. The van der Waals surface area contributed by atoms with Crippen molar-refractivity contribution in [3.05, 3.63) is 47.5 Å². The number of benzene rings is 1. The van der Waals surface area contributed by atoms with Crippen molar-refractivity contribution in [2.75, 3.05) is 5.32 Å². The van der Waals surface area contributed by atoms with E-state index < -0.39 is 5.91 Å². The summed E-state index contributed by atoms with van der Waals surface area (Å²) >= 11 is 1.23. The number of rotatable bonds is 5. The van der Waals surface area contributed by atoms with Gasteiger partial charge in [0.25, 0.3) is 5.91 Å². The number of anilines is 1. The van der Waals surface area contributed by atoms with E-state index >= 15 is 0 Å². The fourth-order valence-corrected chi connectivity index (χ4v) is 2.02. The van der Waals surface area contributed by atoms with Gasteiger partial charge in [-0.3, -0.25) is 14.9 Å². The maximum Gasteiger partial charge on any atom is 0.275 e. The average molecular weight is 289 g/mol. The molecule has 0 aliphatic carbocycles. The summed E-state index contributed by atoms with van der Waals surface area (Å²) < 4.78 is 0. The van der Waals surface area contributed by atoms with Crippen LogP contribution in [0.2, 0.25) is 0 Å². The Morgan fingerprint density at radius 1 is 1.30 bits per heavy atom. The minimum Gasteiger partial charge on any atom is -0.410 e. The summed E-state index contributed by atoms with van der Waals surface area (Å²) in [5, 5.41) is 16.3. The lowest BCUT2D eigenvalue weighted by atomic mass is 10.1. The molecule has 2 N–H and O–H groups in total. The van der Waals surface area contributed by atoms with Gasteiger partial charge in [0.15, 0.2) is 16.6 Å². The molecule has 0 unspecified atom stereocenters. The van der Waals surface area contributed by atoms with Crippen molar-refractivity contribution in [3.8, 4) is 0 Å². The van der Waals surface area contributed by atoms with E-state index in [1.165, 1.54) is 17.5 Å². The molecule has 0 bridgehead atoms. The van der Waals surface area contributed by atoms with Crippen LogP contribution in [0.5, 0.6) is 0 Å². The summed E-state index contributed by atoms with van der Waals surface area (Å²) in [4.78, 5) is 27.6. The molecular formula is C13H11N3O3S. The van der Waals surface area contributed by atoms with Gasteiger partial charge >= 0.3 is 0 Å². The van der Waals surface area contributed by atoms with Crippen LogP contribution in [0.25, 0.3) is 0 Å². The predicted octanol–water partition coefficient (Wildman–Crippen LogP) is 2.18. The second kappa shape index (κ2) is 6.58. The first kappa shape index (κ1) is 13.9. The molecule has 0 saturated heterocycles. The quantitative estimate of drug-likeness (QED) is 0.382. The fraction of sp³-hybridized carbons (Fsp3) is 0.0769. The molecule has 0 saturated carbocycles. The minimum absolute atomic E-state index is 0.256. The number of nitrogens with zero attached hydrogens (tertiary/aromatic N) is 2. The molecule has 6 nitrogen and oxygen atoms in total. The Morgan fingerprint density at radius 3 is 2.65 bits per heavy atom. The number of oxime groups is 1. The first-order chi connectivity index (χ1) is 9.70. The maximum absolute atomic E-state index is 11.9. The lowest BCUT2D eigenvalue weighted by Crippen LogP contribution is -2.25. The van der Waals surface area contributed by atoms with E-state index in [4.69, 9.17) is 5.21 Å². The van der Waals surface area contributed by atoms with Gasteiger partial charge in [0, 0.05) is 17.1 Å². The van der Waals surface area contributed by atoms with Gasteiger partial charge in [-0.05, 0) is 0 Å². The number of amides is 1. The molecule has 7 heteroatoms. The first-order valence-electron chi connectivity index (χ1n) is 5.70. The van der Waals surface area contributed by atoms with Crippen LogP contribution in [0.4, 0.5) is 5.13 Å². The van der Waals surface area contributed by atoms with Gasteiger partial charge in [0.1, 0.15) is 0 Å². The van der Waals surface area contributed by atoms with Gasteiger partial charge in [-0.25, -0.2) is 4.98 Å². The van der Waals surface area contributed by atoms with Gasteiger partial charge in [-0.1, -0.05) is 35.5 Å². The Morgan fingerprint density at radius 2 is 2.05 bits per heavy atom. The average Bonchev–Trinajstić information content (AvgIpc) is 2.98. The molecule has 0 aliphatic rings. The van der Waals surface area contributed by atoms with E-state index in [2.05, 4.69) is 15.5 Å². The Labute approximate surface area is 118 Å². The number of thiazole rings is 1. The van der Waals surface area contributed by atoms with Crippen LogP contribution in [0.1, 0.15) is 16.8 Å². The molecule has 2 rings (SSSR count). The van der Waals surface area contributed by atoms with Gasteiger partial charge < -0.3 is 5.21 Å². The second-order valence-corrected chi connectivity index (χ2v) is 4.70. The predicted molar refractivity (Wildman–Crippen MR) is 75.4 cm³/mol. The highest BCUT2D eigenvalue weighted by Crippen LogP contribution is 2.11. The number of aromatic nitrogens is 1. The van der Waals surface area contributed by atoms with Crippen LogP contribution >= 0.6 is 11.3 Å². The fourth-order valence-electron chi connectivity index (χ4n) is 1.49. The zero-order valence-corrected chi connectivity index (χ0v) is 11.1. The molecule has 0 atom stereocenters. The molecule has 0 fully saturated rings. The molecule has 1 aromatic carbocycles. The van der Waals surface area contributed by atoms with Crippen LogP contribution in [0, 0.1) is 0 Å². The van der Waals surface area contributed by atoms with E-state index in [0.29, 0.717) is 10.7 Å². The van der Waals surface area contributed by atoms with Crippen molar-refractivity contribution in [1.82, 2.24) is 4.98 Å². The summed E-state index contributed by atoms with van der Waals surface area (Å²) in [6, 6.07) is 8.50. The zero-order valence-electron chi connectivity index (χ0n) is 10.3. The van der Waals surface area contributed by atoms with Crippen LogP contribution in [0.3, 0.4) is 0 Å². The molecular weight excluding hydrogens is 278 g/mol. The second-order valence-electron chi connectivity index (χ2n) is 3.80. The molecule has 1 aromatic heterocycles. The van der Waals surface area contributed by atoms with Crippen LogP contribution in [-0.2, 0) is 4.79 Å². The van der Waals surface area contributed by atoms with Crippen molar-refractivity contribution < 1.29 is 14.8 Å². The number of hydrogen-bond donors (Lipinski definition) is 2. The van der Waals surface area contributed by atoms with Crippen LogP contribution in [0.15, 0.2) is 47.1 Å². The molecule has 102 valence electrons. The lowest BCUT2D eigenvalue weighted by Gasteiger charge is -2.04. The number of hydrogen-bond acceptors (Lipinski definition) is 6. The zero-order chi connectivity index (χ0) is 14.4. The smallest absolute Gasteiger partial charge is 0.275 e. The molecule has 0 aliphatic heterocycles. The summed E-state index contributed by atoms with van der Waals surface area (Å²) in [7, 11) is 0. The van der Waals surface area contributed by atoms with E-state index in [-0.39, 0.29) is 17.9 Å². The normalized spacial score (nSPS) is 11.1. The van der Waals surface area contributed by atoms with Gasteiger partial charge in [-0.2, -0.15) is 0 Å². The highest BCUT2D eigenvalue weighted by Gasteiger charge is 2.18.